The van der Waals surface area contributed by atoms with Gasteiger partial charge >= 0.3 is 6.03 Å². The first-order chi connectivity index (χ1) is 12.1. The average Bonchev–Trinajstić information content (AvgIpc) is 3.02. The van der Waals surface area contributed by atoms with Crippen LogP contribution < -0.4 is 15.5 Å². The standard InChI is InChI=1S/C19H19N3O3/c23-11-12-7-18(24)22(10-12)16-5-3-13(4-6-16)14-1-2-15-9-20-19(25)21-17(15)8-14/h1-6,8,12,23H,7,9-11H2,(H2,20,21,25). The van der Waals surface area contributed by atoms with Crippen molar-refractivity contribution in [3.05, 3.63) is 48.0 Å². The lowest BCUT2D eigenvalue weighted by Crippen LogP contribution is -2.33. The summed E-state index contributed by atoms with van der Waals surface area (Å²) in [5, 5.41) is 14.8. The number of aliphatic hydroxyl groups is 1. The number of benzene rings is 2. The summed E-state index contributed by atoms with van der Waals surface area (Å²) < 4.78 is 0. The number of aliphatic hydroxyl groups excluding tert-OH is 1. The van der Waals surface area contributed by atoms with Crippen molar-refractivity contribution >= 4 is 23.3 Å². The van der Waals surface area contributed by atoms with E-state index in [0.29, 0.717) is 19.5 Å². The predicted molar refractivity (Wildman–Crippen MR) is 95.3 cm³/mol. The zero-order valence-electron chi connectivity index (χ0n) is 13.7. The van der Waals surface area contributed by atoms with E-state index < -0.39 is 0 Å². The Bertz CT molecular complexity index is 832. The van der Waals surface area contributed by atoms with Crippen molar-refractivity contribution < 1.29 is 14.7 Å². The van der Waals surface area contributed by atoms with Crippen molar-refractivity contribution in [3.8, 4) is 11.1 Å². The second-order valence-electron chi connectivity index (χ2n) is 6.48. The molecule has 1 atom stereocenters. The molecule has 0 radical (unpaired) electrons. The molecule has 128 valence electrons. The Morgan fingerprint density at radius 2 is 1.84 bits per heavy atom. The van der Waals surface area contributed by atoms with Crippen molar-refractivity contribution in [2.24, 2.45) is 5.92 Å². The third-order valence-electron chi connectivity index (χ3n) is 4.77. The molecule has 4 rings (SSSR count). The number of hydrogen-bond acceptors (Lipinski definition) is 3. The molecule has 2 heterocycles. The van der Waals surface area contributed by atoms with Gasteiger partial charge in [-0.3, -0.25) is 4.79 Å². The van der Waals surface area contributed by atoms with E-state index in [0.717, 1.165) is 28.1 Å². The first-order valence-electron chi connectivity index (χ1n) is 8.33. The zero-order valence-corrected chi connectivity index (χ0v) is 13.7. The lowest BCUT2D eigenvalue weighted by atomic mass is 10.0. The summed E-state index contributed by atoms with van der Waals surface area (Å²) in [4.78, 5) is 25.3. The molecule has 3 N–H and O–H groups in total. The molecule has 6 heteroatoms. The van der Waals surface area contributed by atoms with Gasteiger partial charge in [0.25, 0.3) is 0 Å². The highest BCUT2D eigenvalue weighted by atomic mass is 16.3. The maximum absolute atomic E-state index is 12.1. The van der Waals surface area contributed by atoms with Crippen molar-refractivity contribution in [1.29, 1.82) is 0 Å². The maximum Gasteiger partial charge on any atom is 0.319 e. The molecule has 0 bridgehead atoms. The quantitative estimate of drug-likeness (QED) is 0.804. The van der Waals surface area contributed by atoms with Gasteiger partial charge in [-0.25, -0.2) is 4.79 Å². The summed E-state index contributed by atoms with van der Waals surface area (Å²) in [6.45, 7) is 1.13. The molecule has 0 aliphatic carbocycles. The van der Waals surface area contributed by atoms with Crippen LogP contribution in [0.4, 0.5) is 16.2 Å². The molecule has 0 saturated carbocycles. The summed E-state index contributed by atoms with van der Waals surface area (Å²) >= 11 is 0. The molecule has 1 unspecified atom stereocenters. The SMILES string of the molecule is O=C1NCc2ccc(-c3ccc(N4CC(CO)CC4=O)cc3)cc2N1. The van der Waals surface area contributed by atoms with Crippen molar-refractivity contribution in [1.82, 2.24) is 5.32 Å². The fourth-order valence-electron chi connectivity index (χ4n) is 3.36. The Kier molecular flexibility index (Phi) is 3.89. The lowest BCUT2D eigenvalue weighted by molar-refractivity contribution is -0.117. The Labute approximate surface area is 145 Å². The topological polar surface area (TPSA) is 81.7 Å². The maximum atomic E-state index is 12.1. The molecule has 0 aromatic heterocycles. The van der Waals surface area contributed by atoms with Crippen LogP contribution in [0.3, 0.4) is 0 Å². The number of hydrogen-bond donors (Lipinski definition) is 3. The van der Waals surface area contributed by atoms with E-state index in [2.05, 4.69) is 10.6 Å². The first kappa shape index (κ1) is 15.7. The first-order valence-corrected chi connectivity index (χ1v) is 8.33. The lowest BCUT2D eigenvalue weighted by Gasteiger charge is -2.19. The monoisotopic (exact) mass is 337 g/mol. The van der Waals surface area contributed by atoms with E-state index in [1.165, 1.54) is 0 Å². The molecule has 2 aliphatic rings. The van der Waals surface area contributed by atoms with Crippen LogP contribution in [-0.2, 0) is 11.3 Å². The van der Waals surface area contributed by atoms with E-state index in [-0.39, 0.29) is 24.5 Å². The number of fused-ring (bicyclic) bond motifs is 1. The van der Waals surface area contributed by atoms with Gasteiger partial charge in [-0.05, 0) is 34.9 Å². The number of carbonyl (C=O) groups is 2. The van der Waals surface area contributed by atoms with Gasteiger partial charge in [0.2, 0.25) is 5.91 Å². The van der Waals surface area contributed by atoms with Crippen molar-refractivity contribution in [2.45, 2.75) is 13.0 Å². The minimum absolute atomic E-state index is 0.0186. The molecule has 1 saturated heterocycles. The van der Waals surface area contributed by atoms with Gasteiger partial charge in [-0.15, -0.1) is 0 Å². The third-order valence-corrected chi connectivity index (χ3v) is 4.77. The number of carbonyl (C=O) groups excluding carboxylic acids is 2. The number of nitrogens with zero attached hydrogens (tertiary/aromatic N) is 1. The zero-order chi connectivity index (χ0) is 17.4. The Hall–Kier alpha value is -2.86. The van der Waals surface area contributed by atoms with Gasteiger partial charge in [0, 0.05) is 43.4 Å². The van der Waals surface area contributed by atoms with Crippen LogP contribution in [-0.4, -0.2) is 30.2 Å². The molecule has 3 amide bonds. The van der Waals surface area contributed by atoms with Gasteiger partial charge in [0.15, 0.2) is 0 Å². The van der Waals surface area contributed by atoms with Crippen LogP contribution in [0.1, 0.15) is 12.0 Å². The van der Waals surface area contributed by atoms with Crippen LogP contribution in [0.25, 0.3) is 11.1 Å². The number of amides is 3. The number of anilines is 2. The van der Waals surface area contributed by atoms with Crippen LogP contribution in [0, 0.1) is 5.92 Å². The van der Waals surface area contributed by atoms with E-state index in [1.54, 1.807) is 4.90 Å². The van der Waals surface area contributed by atoms with E-state index in [9.17, 15) is 14.7 Å². The normalized spacial score (nSPS) is 19.4. The summed E-state index contributed by atoms with van der Waals surface area (Å²) in [5.41, 5.74) is 4.75. The van der Waals surface area contributed by atoms with Crippen LogP contribution in [0.15, 0.2) is 42.5 Å². The highest BCUT2D eigenvalue weighted by molar-refractivity contribution is 5.96. The second-order valence-corrected chi connectivity index (χ2v) is 6.48. The Balaban J connectivity index is 1.58. The van der Waals surface area contributed by atoms with Gasteiger partial charge < -0.3 is 20.6 Å². The molecule has 2 aromatic carbocycles. The minimum atomic E-state index is -0.189. The molecule has 2 aliphatic heterocycles. The van der Waals surface area contributed by atoms with Crippen molar-refractivity contribution in [2.75, 3.05) is 23.4 Å². The minimum Gasteiger partial charge on any atom is -0.396 e. The van der Waals surface area contributed by atoms with Crippen molar-refractivity contribution in [3.63, 3.8) is 0 Å². The Morgan fingerprint density at radius 1 is 1.08 bits per heavy atom. The molecular weight excluding hydrogens is 318 g/mol. The highest BCUT2D eigenvalue weighted by Crippen LogP contribution is 2.30. The summed E-state index contributed by atoms with van der Waals surface area (Å²) in [6.07, 6.45) is 0.400. The van der Waals surface area contributed by atoms with Gasteiger partial charge in [0.05, 0.1) is 0 Å². The fraction of sp³-hybridized carbons (Fsp3) is 0.263. The fourth-order valence-corrected chi connectivity index (χ4v) is 3.36. The second kappa shape index (κ2) is 6.22. The number of rotatable bonds is 3. The highest BCUT2D eigenvalue weighted by Gasteiger charge is 2.29. The molecule has 2 aromatic rings. The summed E-state index contributed by atoms with van der Waals surface area (Å²) in [6, 6.07) is 13.6. The van der Waals surface area contributed by atoms with Gasteiger partial charge in [0.1, 0.15) is 0 Å². The van der Waals surface area contributed by atoms with Crippen LogP contribution >= 0.6 is 0 Å². The largest absolute Gasteiger partial charge is 0.396 e. The van der Waals surface area contributed by atoms with E-state index in [1.807, 2.05) is 42.5 Å². The average molecular weight is 337 g/mol. The predicted octanol–water partition coefficient (Wildman–Crippen LogP) is 2.33. The summed E-state index contributed by atoms with van der Waals surface area (Å²) in [5.74, 6) is 0.0702. The van der Waals surface area contributed by atoms with Gasteiger partial charge in [-0.2, -0.15) is 0 Å². The van der Waals surface area contributed by atoms with Crippen LogP contribution in [0.2, 0.25) is 0 Å². The Morgan fingerprint density at radius 3 is 2.56 bits per heavy atom. The molecular formula is C19H19N3O3. The third kappa shape index (κ3) is 2.96. The van der Waals surface area contributed by atoms with E-state index >= 15 is 0 Å². The summed E-state index contributed by atoms with van der Waals surface area (Å²) in [7, 11) is 0. The van der Waals surface area contributed by atoms with Gasteiger partial charge in [-0.1, -0.05) is 24.3 Å². The van der Waals surface area contributed by atoms with Crippen LogP contribution in [0.5, 0.6) is 0 Å². The molecule has 1 fully saturated rings. The number of nitrogens with one attached hydrogen (secondary N) is 2. The molecule has 6 nitrogen and oxygen atoms in total. The molecule has 0 spiro atoms. The smallest absolute Gasteiger partial charge is 0.319 e. The molecule has 25 heavy (non-hydrogen) atoms. The van der Waals surface area contributed by atoms with E-state index in [4.69, 9.17) is 0 Å². The number of urea groups is 1.